The normalized spacial score (nSPS) is 18.1. The molecule has 0 saturated carbocycles. The highest BCUT2D eigenvalue weighted by atomic mass is 32.2. The van der Waals surface area contributed by atoms with E-state index >= 15 is 0 Å². The van der Waals surface area contributed by atoms with Crippen LogP contribution in [-0.4, -0.2) is 42.4 Å². The largest absolute Gasteiger partial charge is 0.321 e. The van der Waals surface area contributed by atoms with Crippen molar-refractivity contribution in [1.29, 1.82) is 0 Å². The quantitative estimate of drug-likeness (QED) is 0.722. The van der Waals surface area contributed by atoms with Crippen molar-refractivity contribution in [2.24, 2.45) is 0 Å². The van der Waals surface area contributed by atoms with E-state index in [-0.39, 0.29) is 4.90 Å². The first-order valence-corrected chi connectivity index (χ1v) is 11.2. The van der Waals surface area contributed by atoms with Crippen LogP contribution in [0.3, 0.4) is 0 Å². The fraction of sp³-hybridized carbons (Fsp3) is 0.227. The third-order valence-corrected chi connectivity index (χ3v) is 7.41. The molecule has 148 valence electrons. The van der Waals surface area contributed by atoms with Gasteiger partial charge >= 0.3 is 0 Å². The van der Waals surface area contributed by atoms with Crippen molar-refractivity contribution >= 4 is 20.9 Å². The Morgan fingerprint density at radius 1 is 0.966 bits per heavy atom. The molecule has 2 aromatic carbocycles. The number of aromatic nitrogens is 1. The van der Waals surface area contributed by atoms with E-state index in [9.17, 15) is 8.42 Å². The lowest BCUT2D eigenvalue weighted by atomic mass is 10.1. The van der Waals surface area contributed by atoms with Crippen molar-refractivity contribution in [1.82, 2.24) is 19.7 Å². The zero-order chi connectivity index (χ0) is 19.8. The first kappa shape index (κ1) is 18.3. The van der Waals surface area contributed by atoms with Crippen LogP contribution in [0.2, 0.25) is 0 Å². The van der Waals surface area contributed by atoms with Gasteiger partial charge in [-0.1, -0.05) is 48.5 Å². The Hall–Kier alpha value is -2.74. The molecular formula is C22H22N4O2S. The molecule has 3 aromatic rings. The number of rotatable bonds is 4. The summed E-state index contributed by atoms with van der Waals surface area (Å²) < 4.78 is 28.3. The fourth-order valence-electron chi connectivity index (χ4n) is 4.06. The van der Waals surface area contributed by atoms with Crippen molar-refractivity contribution in [3.63, 3.8) is 0 Å². The molecule has 0 unspecified atom stereocenters. The van der Waals surface area contributed by atoms with Crippen LogP contribution in [0.15, 0.2) is 83.0 Å². The first-order valence-electron chi connectivity index (χ1n) is 9.71. The third kappa shape index (κ3) is 3.42. The van der Waals surface area contributed by atoms with E-state index in [0.717, 1.165) is 30.6 Å². The summed E-state index contributed by atoms with van der Waals surface area (Å²) in [6, 6.07) is 19.3. The number of fused-ring (bicyclic) bond motifs is 1. The number of hydrogen-bond donors (Lipinski definition) is 1. The molecule has 0 aliphatic carbocycles. The number of nitrogens with zero attached hydrogens (tertiary/aromatic N) is 3. The first-order chi connectivity index (χ1) is 14.1. The number of sulfonamides is 1. The number of pyridine rings is 1. The molecule has 0 bridgehead atoms. The zero-order valence-electron chi connectivity index (χ0n) is 16.0. The molecule has 1 aromatic heterocycles. The summed E-state index contributed by atoms with van der Waals surface area (Å²) in [5.74, 6) is 0. The van der Waals surface area contributed by atoms with Gasteiger partial charge in [0.1, 0.15) is 4.90 Å². The van der Waals surface area contributed by atoms with Crippen molar-refractivity contribution < 1.29 is 8.42 Å². The highest BCUT2D eigenvalue weighted by molar-refractivity contribution is 7.89. The molecule has 29 heavy (non-hydrogen) atoms. The van der Waals surface area contributed by atoms with Gasteiger partial charge in [0.25, 0.3) is 0 Å². The topological polar surface area (TPSA) is 65.5 Å². The molecular weight excluding hydrogens is 384 g/mol. The van der Waals surface area contributed by atoms with Gasteiger partial charge in [-0.3, -0.25) is 4.98 Å². The maximum absolute atomic E-state index is 13.4. The Bertz CT molecular complexity index is 1190. The molecule has 0 radical (unpaired) electrons. The summed E-state index contributed by atoms with van der Waals surface area (Å²) in [5.41, 5.74) is 7.48. The summed E-state index contributed by atoms with van der Waals surface area (Å²) in [4.78, 5) is 4.60. The van der Waals surface area contributed by atoms with E-state index in [0.29, 0.717) is 18.6 Å². The second kappa shape index (κ2) is 7.26. The Kier molecular flexibility index (Phi) is 4.58. The molecule has 0 saturated heterocycles. The average Bonchev–Trinajstić information content (AvgIpc) is 3.15. The monoisotopic (exact) mass is 406 g/mol. The molecule has 2 aliphatic rings. The predicted octanol–water partition coefficient (Wildman–Crippen LogP) is 2.90. The minimum Gasteiger partial charge on any atom is -0.321 e. The Balaban J connectivity index is 1.36. The summed E-state index contributed by atoms with van der Waals surface area (Å²) in [6.45, 7) is 2.47. The Morgan fingerprint density at radius 2 is 1.79 bits per heavy atom. The number of hydrogen-bond acceptors (Lipinski definition) is 5. The van der Waals surface area contributed by atoms with E-state index in [1.54, 1.807) is 22.6 Å². The zero-order valence-corrected chi connectivity index (χ0v) is 16.8. The molecule has 0 fully saturated rings. The van der Waals surface area contributed by atoms with Gasteiger partial charge in [-0.05, 0) is 29.7 Å². The van der Waals surface area contributed by atoms with E-state index < -0.39 is 10.0 Å². The lowest BCUT2D eigenvalue weighted by molar-refractivity contribution is 0.245. The minimum atomic E-state index is -3.63. The number of benzene rings is 2. The molecule has 0 spiro atoms. The van der Waals surface area contributed by atoms with Gasteiger partial charge < -0.3 is 5.43 Å². The number of hydrazine groups is 1. The van der Waals surface area contributed by atoms with Crippen LogP contribution in [0.1, 0.15) is 12.0 Å². The van der Waals surface area contributed by atoms with E-state index in [1.807, 2.05) is 36.4 Å². The highest BCUT2D eigenvalue weighted by Crippen LogP contribution is 2.29. The van der Waals surface area contributed by atoms with Crippen molar-refractivity contribution in [2.75, 3.05) is 19.6 Å². The maximum atomic E-state index is 13.4. The van der Waals surface area contributed by atoms with Gasteiger partial charge in [0.15, 0.2) is 0 Å². The van der Waals surface area contributed by atoms with Crippen LogP contribution in [0.5, 0.6) is 0 Å². The molecule has 5 rings (SSSR count). The second-order valence-corrected chi connectivity index (χ2v) is 9.36. The fourth-order valence-corrected chi connectivity index (χ4v) is 5.63. The third-order valence-electron chi connectivity index (χ3n) is 5.53. The second-order valence-electron chi connectivity index (χ2n) is 7.46. The van der Waals surface area contributed by atoms with Gasteiger partial charge in [0.2, 0.25) is 10.0 Å². The van der Waals surface area contributed by atoms with Crippen LogP contribution >= 0.6 is 0 Å². The van der Waals surface area contributed by atoms with Crippen molar-refractivity contribution in [3.05, 3.63) is 83.7 Å². The van der Waals surface area contributed by atoms with Gasteiger partial charge in [0, 0.05) is 36.9 Å². The van der Waals surface area contributed by atoms with Crippen molar-refractivity contribution in [3.8, 4) is 0 Å². The van der Waals surface area contributed by atoms with E-state index in [4.69, 9.17) is 0 Å². The van der Waals surface area contributed by atoms with Crippen LogP contribution in [0, 0.1) is 0 Å². The van der Waals surface area contributed by atoms with Gasteiger partial charge in [-0.25, -0.2) is 13.4 Å². The Morgan fingerprint density at radius 3 is 2.66 bits per heavy atom. The SMILES string of the molecule is O=S(=O)(c1cccc2cccnc12)N1CCC2=C(C1)NN(Cc1ccccc1)C2. The maximum Gasteiger partial charge on any atom is 0.245 e. The molecule has 3 heterocycles. The molecule has 0 atom stereocenters. The summed E-state index contributed by atoms with van der Waals surface area (Å²) in [7, 11) is -3.63. The lowest BCUT2D eigenvalue weighted by Crippen LogP contribution is -2.40. The predicted molar refractivity (Wildman–Crippen MR) is 112 cm³/mol. The van der Waals surface area contributed by atoms with E-state index in [2.05, 4.69) is 27.6 Å². The number of nitrogens with one attached hydrogen (secondary N) is 1. The highest BCUT2D eigenvalue weighted by Gasteiger charge is 2.34. The smallest absolute Gasteiger partial charge is 0.245 e. The van der Waals surface area contributed by atoms with Crippen LogP contribution in [-0.2, 0) is 16.6 Å². The molecule has 1 N–H and O–H groups in total. The Labute approximate surface area is 170 Å². The average molecular weight is 407 g/mol. The number of para-hydroxylation sites is 1. The lowest BCUT2D eigenvalue weighted by Gasteiger charge is -2.27. The van der Waals surface area contributed by atoms with Crippen LogP contribution < -0.4 is 5.43 Å². The van der Waals surface area contributed by atoms with Crippen molar-refractivity contribution in [2.45, 2.75) is 17.9 Å². The summed E-state index contributed by atoms with van der Waals surface area (Å²) in [6.07, 6.45) is 2.38. The standard InChI is InChI=1S/C22H22N4O2S/c27-29(28,21-10-4-8-18-9-5-12-23-22(18)21)26-13-11-19-15-25(24-20(19)16-26)14-17-6-2-1-3-7-17/h1-10,12,24H,11,13-16H2. The van der Waals surface area contributed by atoms with Crippen LogP contribution in [0.4, 0.5) is 0 Å². The molecule has 7 heteroatoms. The molecule has 2 aliphatic heterocycles. The minimum absolute atomic E-state index is 0.277. The van der Waals surface area contributed by atoms with Gasteiger partial charge in [-0.15, -0.1) is 0 Å². The molecule has 6 nitrogen and oxygen atoms in total. The van der Waals surface area contributed by atoms with Gasteiger partial charge in [0.05, 0.1) is 12.1 Å². The summed E-state index contributed by atoms with van der Waals surface area (Å²) in [5, 5.41) is 2.98. The van der Waals surface area contributed by atoms with E-state index in [1.165, 1.54) is 11.1 Å². The molecule has 0 amide bonds. The van der Waals surface area contributed by atoms with Gasteiger partial charge in [-0.2, -0.15) is 4.31 Å². The summed E-state index contributed by atoms with van der Waals surface area (Å²) >= 11 is 0. The van der Waals surface area contributed by atoms with Crippen LogP contribution in [0.25, 0.3) is 10.9 Å².